The molecule has 6 nitrogen and oxygen atoms in total. The number of aromatic nitrogens is 4. The van der Waals surface area contributed by atoms with Crippen molar-refractivity contribution in [2.24, 2.45) is 0 Å². The molecule has 0 atom stereocenters. The van der Waals surface area contributed by atoms with Crippen molar-refractivity contribution in [3.05, 3.63) is 35.6 Å². The van der Waals surface area contributed by atoms with Crippen LogP contribution in [0.1, 0.15) is 10.6 Å². The van der Waals surface area contributed by atoms with E-state index in [1.807, 2.05) is 0 Å². The Morgan fingerprint density at radius 1 is 1.50 bits per heavy atom. The summed E-state index contributed by atoms with van der Waals surface area (Å²) in [7, 11) is 1.27. The first-order chi connectivity index (χ1) is 7.70. The number of methoxy groups -OCH3 is 1. The molecule has 82 valence electrons. The fourth-order valence-corrected chi connectivity index (χ4v) is 1.28. The van der Waals surface area contributed by atoms with Crippen molar-refractivity contribution < 1.29 is 9.53 Å². The predicted octanol–water partition coefficient (Wildman–Crippen LogP) is 1.10. The molecule has 16 heavy (non-hydrogen) atoms. The quantitative estimate of drug-likeness (QED) is 0.579. The summed E-state index contributed by atoms with van der Waals surface area (Å²) in [6.07, 6.45) is 2.94. The summed E-state index contributed by atoms with van der Waals surface area (Å²) in [6, 6.07) is 3.30. The topological polar surface area (TPSA) is 69.9 Å². The standard InChI is InChI=1S/C9H7ClN4O2/c1-16-9(15)8-12-5-14(13-8)6-2-3-11-7(10)4-6/h2-5H,1H3. The van der Waals surface area contributed by atoms with Crippen LogP contribution in [-0.2, 0) is 4.74 Å². The van der Waals surface area contributed by atoms with Crippen LogP contribution in [0.2, 0.25) is 5.15 Å². The molecule has 0 spiro atoms. The van der Waals surface area contributed by atoms with Crippen LogP contribution in [0.4, 0.5) is 0 Å². The summed E-state index contributed by atoms with van der Waals surface area (Å²) < 4.78 is 5.91. The summed E-state index contributed by atoms with van der Waals surface area (Å²) in [5.41, 5.74) is 0.669. The van der Waals surface area contributed by atoms with Crippen molar-refractivity contribution in [2.75, 3.05) is 7.11 Å². The highest BCUT2D eigenvalue weighted by Crippen LogP contribution is 2.10. The maximum absolute atomic E-state index is 11.1. The van der Waals surface area contributed by atoms with Crippen molar-refractivity contribution >= 4 is 17.6 Å². The minimum atomic E-state index is -0.584. The summed E-state index contributed by atoms with van der Waals surface area (Å²) in [6.45, 7) is 0. The zero-order chi connectivity index (χ0) is 11.5. The summed E-state index contributed by atoms with van der Waals surface area (Å²) in [5.74, 6) is -0.589. The molecule has 0 bridgehead atoms. The molecule has 0 radical (unpaired) electrons. The first-order valence-corrected chi connectivity index (χ1v) is 4.70. The SMILES string of the molecule is COC(=O)c1ncn(-c2ccnc(Cl)c2)n1. The average molecular weight is 239 g/mol. The van der Waals surface area contributed by atoms with Gasteiger partial charge in [0.2, 0.25) is 0 Å². The maximum atomic E-state index is 11.1. The van der Waals surface area contributed by atoms with Gasteiger partial charge in [-0.25, -0.2) is 19.4 Å². The molecule has 0 saturated carbocycles. The van der Waals surface area contributed by atoms with Crippen LogP contribution in [0.25, 0.3) is 5.69 Å². The molecule has 7 heteroatoms. The Bertz CT molecular complexity index is 526. The highest BCUT2D eigenvalue weighted by atomic mass is 35.5. The van der Waals surface area contributed by atoms with Crippen molar-refractivity contribution in [1.29, 1.82) is 0 Å². The van der Waals surface area contributed by atoms with Gasteiger partial charge >= 0.3 is 5.97 Å². The van der Waals surface area contributed by atoms with Gasteiger partial charge in [0.05, 0.1) is 12.8 Å². The van der Waals surface area contributed by atoms with Gasteiger partial charge in [0.1, 0.15) is 11.5 Å². The minimum Gasteiger partial charge on any atom is -0.463 e. The molecule has 2 rings (SSSR count). The number of pyridine rings is 1. The van der Waals surface area contributed by atoms with Crippen molar-refractivity contribution in [3.63, 3.8) is 0 Å². The third-order valence-electron chi connectivity index (χ3n) is 1.83. The Balaban J connectivity index is 2.35. The van der Waals surface area contributed by atoms with E-state index in [0.717, 1.165) is 0 Å². The van der Waals surface area contributed by atoms with Gasteiger partial charge in [-0.2, -0.15) is 0 Å². The second kappa shape index (κ2) is 4.28. The van der Waals surface area contributed by atoms with E-state index in [1.165, 1.54) is 24.3 Å². The van der Waals surface area contributed by atoms with Crippen LogP contribution in [0.3, 0.4) is 0 Å². The van der Waals surface area contributed by atoms with Crippen LogP contribution in [-0.4, -0.2) is 32.8 Å². The predicted molar refractivity (Wildman–Crippen MR) is 55.5 cm³/mol. The average Bonchev–Trinajstić information content (AvgIpc) is 2.77. The smallest absolute Gasteiger partial charge is 0.377 e. The van der Waals surface area contributed by atoms with Crippen molar-refractivity contribution in [2.45, 2.75) is 0 Å². The van der Waals surface area contributed by atoms with Gasteiger partial charge in [0, 0.05) is 12.3 Å². The number of hydrogen-bond donors (Lipinski definition) is 0. The summed E-state index contributed by atoms with van der Waals surface area (Å²) >= 11 is 5.73. The number of rotatable bonds is 2. The van der Waals surface area contributed by atoms with E-state index in [0.29, 0.717) is 10.8 Å². The first-order valence-electron chi connectivity index (χ1n) is 4.32. The molecule has 0 unspecified atom stereocenters. The van der Waals surface area contributed by atoms with Crippen LogP contribution >= 0.6 is 11.6 Å². The molecule has 0 aromatic carbocycles. The van der Waals surface area contributed by atoms with E-state index in [-0.39, 0.29) is 5.82 Å². The van der Waals surface area contributed by atoms with Crippen LogP contribution in [0, 0.1) is 0 Å². The van der Waals surface area contributed by atoms with Gasteiger partial charge in [0.25, 0.3) is 5.82 Å². The van der Waals surface area contributed by atoms with Gasteiger partial charge < -0.3 is 4.74 Å². The van der Waals surface area contributed by atoms with Gasteiger partial charge in [-0.05, 0) is 6.07 Å². The Kier molecular flexibility index (Phi) is 2.82. The maximum Gasteiger partial charge on any atom is 0.377 e. The number of hydrogen-bond acceptors (Lipinski definition) is 5. The van der Waals surface area contributed by atoms with E-state index in [1.54, 1.807) is 12.1 Å². The van der Waals surface area contributed by atoms with E-state index >= 15 is 0 Å². The molecule has 0 N–H and O–H groups in total. The Morgan fingerprint density at radius 2 is 2.31 bits per heavy atom. The van der Waals surface area contributed by atoms with E-state index in [9.17, 15) is 4.79 Å². The van der Waals surface area contributed by atoms with Gasteiger partial charge in [-0.1, -0.05) is 11.6 Å². The molecule has 0 aliphatic heterocycles. The second-order valence-electron chi connectivity index (χ2n) is 2.84. The molecule has 0 fully saturated rings. The molecular weight excluding hydrogens is 232 g/mol. The van der Waals surface area contributed by atoms with E-state index < -0.39 is 5.97 Å². The third kappa shape index (κ3) is 2.01. The molecule has 0 aliphatic rings. The lowest BCUT2D eigenvalue weighted by Gasteiger charge is -1.98. The number of halogens is 1. The fraction of sp³-hybridized carbons (Fsp3) is 0.111. The molecule has 0 amide bonds. The van der Waals surface area contributed by atoms with Gasteiger partial charge in [-0.15, -0.1) is 5.10 Å². The second-order valence-corrected chi connectivity index (χ2v) is 3.23. The fourth-order valence-electron chi connectivity index (χ4n) is 1.11. The van der Waals surface area contributed by atoms with Crippen LogP contribution in [0.15, 0.2) is 24.7 Å². The molecule has 2 aromatic rings. The Labute approximate surface area is 95.8 Å². The van der Waals surface area contributed by atoms with Crippen molar-refractivity contribution in [3.8, 4) is 5.69 Å². The number of ether oxygens (including phenoxy) is 1. The lowest BCUT2D eigenvalue weighted by molar-refractivity contribution is 0.0587. The lowest BCUT2D eigenvalue weighted by atomic mass is 10.4. The summed E-state index contributed by atoms with van der Waals surface area (Å²) in [5, 5.41) is 4.28. The largest absolute Gasteiger partial charge is 0.463 e. The highest BCUT2D eigenvalue weighted by Gasteiger charge is 2.11. The zero-order valence-electron chi connectivity index (χ0n) is 8.29. The lowest BCUT2D eigenvalue weighted by Crippen LogP contribution is -2.05. The number of carbonyl (C=O) groups excluding carboxylic acids is 1. The number of carbonyl (C=O) groups is 1. The number of nitrogens with zero attached hydrogens (tertiary/aromatic N) is 4. The third-order valence-corrected chi connectivity index (χ3v) is 2.04. The zero-order valence-corrected chi connectivity index (χ0v) is 9.05. The van der Waals surface area contributed by atoms with E-state index in [2.05, 4.69) is 19.8 Å². The van der Waals surface area contributed by atoms with Gasteiger partial charge in [-0.3, -0.25) is 0 Å². The molecule has 2 heterocycles. The molecule has 2 aromatic heterocycles. The normalized spacial score (nSPS) is 10.1. The van der Waals surface area contributed by atoms with Crippen LogP contribution < -0.4 is 0 Å². The van der Waals surface area contributed by atoms with Crippen molar-refractivity contribution in [1.82, 2.24) is 19.7 Å². The first kappa shape index (κ1) is 10.6. The highest BCUT2D eigenvalue weighted by molar-refractivity contribution is 6.29. The Hall–Kier alpha value is -1.95. The minimum absolute atomic E-state index is 0.00423. The van der Waals surface area contributed by atoms with Crippen LogP contribution in [0.5, 0.6) is 0 Å². The van der Waals surface area contributed by atoms with E-state index in [4.69, 9.17) is 11.6 Å². The Morgan fingerprint density at radius 3 is 3.00 bits per heavy atom. The molecule has 0 aliphatic carbocycles. The molecule has 0 saturated heterocycles. The van der Waals surface area contributed by atoms with Gasteiger partial charge in [0.15, 0.2) is 0 Å². The molecular formula is C9H7ClN4O2. The summed E-state index contributed by atoms with van der Waals surface area (Å²) in [4.78, 5) is 18.8. The number of esters is 1. The monoisotopic (exact) mass is 238 g/mol.